The van der Waals surface area contributed by atoms with E-state index in [9.17, 15) is 4.79 Å². The average molecular weight is 333 g/mol. The van der Waals surface area contributed by atoms with E-state index in [-0.39, 0.29) is 6.03 Å². The molecule has 2 aromatic carbocycles. The van der Waals surface area contributed by atoms with Crippen LogP contribution in [0.4, 0.5) is 16.2 Å². The zero-order valence-corrected chi connectivity index (χ0v) is 13.3. The molecule has 0 spiro atoms. The molecule has 0 bridgehead atoms. The first kappa shape index (κ1) is 14.6. The summed E-state index contributed by atoms with van der Waals surface area (Å²) in [6.07, 6.45) is 0. The third-order valence-corrected chi connectivity index (χ3v) is 4.25. The van der Waals surface area contributed by atoms with Crippen molar-refractivity contribution in [2.45, 2.75) is 20.8 Å². The van der Waals surface area contributed by atoms with Crippen molar-refractivity contribution in [1.82, 2.24) is 0 Å². The molecule has 0 heterocycles. The van der Waals surface area contributed by atoms with Crippen LogP contribution in [0, 0.1) is 20.8 Å². The van der Waals surface area contributed by atoms with Crippen LogP contribution >= 0.6 is 15.9 Å². The fourth-order valence-corrected chi connectivity index (χ4v) is 2.18. The molecule has 2 N–H and O–H groups in total. The Balaban J connectivity index is 2.06. The Morgan fingerprint density at radius 1 is 0.900 bits per heavy atom. The number of benzene rings is 2. The largest absolute Gasteiger partial charge is 0.323 e. The number of carbonyl (C=O) groups excluding carboxylic acids is 1. The Hall–Kier alpha value is -1.81. The van der Waals surface area contributed by atoms with Gasteiger partial charge in [-0.25, -0.2) is 4.79 Å². The molecule has 0 aliphatic carbocycles. The van der Waals surface area contributed by atoms with Crippen LogP contribution in [0.25, 0.3) is 0 Å². The summed E-state index contributed by atoms with van der Waals surface area (Å²) in [4.78, 5) is 11.9. The zero-order valence-electron chi connectivity index (χ0n) is 11.8. The van der Waals surface area contributed by atoms with Crippen molar-refractivity contribution in [2.24, 2.45) is 0 Å². The Kier molecular flexibility index (Phi) is 4.45. The van der Waals surface area contributed by atoms with Gasteiger partial charge in [0.2, 0.25) is 0 Å². The maximum Gasteiger partial charge on any atom is 0.323 e. The van der Waals surface area contributed by atoms with E-state index in [2.05, 4.69) is 26.6 Å². The molecule has 0 unspecified atom stereocenters. The van der Waals surface area contributed by atoms with Gasteiger partial charge in [0.15, 0.2) is 0 Å². The lowest BCUT2D eigenvalue weighted by atomic mass is 10.1. The van der Waals surface area contributed by atoms with Gasteiger partial charge in [-0.15, -0.1) is 0 Å². The number of urea groups is 1. The molecule has 2 rings (SSSR count). The zero-order chi connectivity index (χ0) is 14.7. The van der Waals surface area contributed by atoms with Crippen LogP contribution < -0.4 is 10.6 Å². The molecule has 2 aromatic rings. The highest BCUT2D eigenvalue weighted by molar-refractivity contribution is 9.10. The lowest BCUT2D eigenvalue weighted by molar-refractivity contribution is 0.262. The number of hydrogen-bond acceptors (Lipinski definition) is 1. The van der Waals surface area contributed by atoms with Gasteiger partial charge < -0.3 is 10.6 Å². The van der Waals surface area contributed by atoms with Crippen LogP contribution in [-0.4, -0.2) is 6.03 Å². The van der Waals surface area contributed by atoms with Gasteiger partial charge in [-0.1, -0.05) is 33.6 Å². The Morgan fingerprint density at radius 2 is 1.40 bits per heavy atom. The summed E-state index contributed by atoms with van der Waals surface area (Å²) in [7, 11) is 0. The number of nitrogens with one attached hydrogen (secondary N) is 2. The minimum atomic E-state index is -0.241. The number of anilines is 2. The molecule has 0 radical (unpaired) electrons. The molecular weight excluding hydrogens is 316 g/mol. The van der Waals surface area contributed by atoms with Crippen LogP contribution in [0.15, 0.2) is 40.9 Å². The van der Waals surface area contributed by atoms with Gasteiger partial charge in [0.05, 0.1) is 0 Å². The van der Waals surface area contributed by atoms with Crippen LogP contribution in [0.2, 0.25) is 0 Å². The third-order valence-electron chi connectivity index (χ3n) is 3.00. The molecule has 0 aromatic heterocycles. The predicted octanol–water partition coefficient (Wildman–Crippen LogP) is 5.02. The first-order valence-electron chi connectivity index (χ1n) is 6.37. The number of aryl methyl sites for hydroxylation is 3. The van der Waals surface area contributed by atoms with Crippen molar-refractivity contribution in [3.8, 4) is 0 Å². The Morgan fingerprint density at radius 3 is 1.95 bits per heavy atom. The maximum atomic E-state index is 11.9. The third kappa shape index (κ3) is 3.61. The van der Waals surface area contributed by atoms with E-state index in [1.54, 1.807) is 0 Å². The highest BCUT2D eigenvalue weighted by Gasteiger charge is 2.06. The van der Waals surface area contributed by atoms with Crippen LogP contribution in [0.3, 0.4) is 0 Å². The molecule has 104 valence electrons. The highest BCUT2D eigenvalue weighted by Crippen LogP contribution is 2.25. The van der Waals surface area contributed by atoms with Crippen molar-refractivity contribution in [2.75, 3.05) is 10.6 Å². The first-order chi connectivity index (χ1) is 9.45. The van der Waals surface area contributed by atoms with Gasteiger partial charge in [0.1, 0.15) is 0 Å². The van der Waals surface area contributed by atoms with Crippen LogP contribution in [0.1, 0.15) is 16.7 Å². The quantitative estimate of drug-likeness (QED) is 0.796. The summed E-state index contributed by atoms with van der Waals surface area (Å²) in [5.41, 5.74) is 4.91. The molecule has 0 aliphatic rings. The van der Waals surface area contributed by atoms with Gasteiger partial charge in [0, 0.05) is 15.8 Å². The molecule has 4 heteroatoms. The second-order valence-corrected chi connectivity index (χ2v) is 5.66. The second kappa shape index (κ2) is 6.09. The summed E-state index contributed by atoms with van der Waals surface area (Å²) in [5.74, 6) is 0. The topological polar surface area (TPSA) is 41.1 Å². The summed E-state index contributed by atoms with van der Waals surface area (Å²) >= 11 is 3.51. The summed E-state index contributed by atoms with van der Waals surface area (Å²) in [5, 5.41) is 5.65. The van der Waals surface area contributed by atoms with Crippen molar-refractivity contribution in [3.05, 3.63) is 57.6 Å². The van der Waals surface area contributed by atoms with Crippen molar-refractivity contribution in [1.29, 1.82) is 0 Å². The minimum Gasteiger partial charge on any atom is -0.308 e. The van der Waals surface area contributed by atoms with Crippen molar-refractivity contribution >= 4 is 33.3 Å². The van der Waals surface area contributed by atoms with E-state index >= 15 is 0 Å². The SMILES string of the molecule is Cc1ccc(NC(=O)Nc2cc(C)c(Br)c(C)c2)cc1. The fourth-order valence-electron chi connectivity index (χ4n) is 1.95. The van der Waals surface area contributed by atoms with E-state index < -0.39 is 0 Å². The molecular formula is C16H17BrN2O. The minimum absolute atomic E-state index is 0.241. The number of rotatable bonds is 2. The number of amides is 2. The molecule has 2 amide bonds. The average Bonchev–Trinajstić information content (AvgIpc) is 2.38. The fraction of sp³-hybridized carbons (Fsp3) is 0.188. The molecule has 0 fully saturated rings. The van der Waals surface area contributed by atoms with Gasteiger partial charge in [0.25, 0.3) is 0 Å². The Bertz CT molecular complexity index is 612. The molecule has 20 heavy (non-hydrogen) atoms. The number of halogens is 1. The van der Waals surface area contributed by atoms with E-state index in [4.69, 9.17) is 0 Å². The molecule has 0 saturated carbocycles. The van der Waals surface area contributed by atoms with Gasteiger partial charge >= 0.3 is 6.03 Å². The lowest BCUT2D eigenvalue weighted by Crippen LogP contribution is -2.19. The standard InChI is InChI=1S/C16H17BrN2O/c1-10-4-6-13(7-5-10)18-16(20)19-14-8-11(2)15(17)12(3)9-14/h4-9H,1-3H3,(H2,18,19,20). The second-order valence-electron chi connectivity index (χ2n) is 4.87. The molecule has 3 nitrogen and oxygen atoms in total. The van der Waals surface area contributed by atoms with Gasteiger partial charge in [-0.3, -0.25) is 0 Å². The maximum absolute atomic E-state index is 11.9. The smallest absolute Gasteiger partial charge is 0.308 e. The van der Waals surface area contributed by atoms with Gasteiger partial charge in [-0.05, 0) is 56.2 Å². The van der Waals surface area contributed by atoms with Crippen molar-refractivity contribution in [3.63, 3.8) is 0 Å². The molecule has 0 aliphatic heterocycles. The monoisotopic (exact) mass is 332 g/mol. The summed E-state index contributed by atoms with van der Waals surface area (Å²) in [6, 6.07) is 11.3. The van der Waals surface area contributed by atoms with E-state index in [0.29, 0.717) is 0 Å². The van der Waals surface area contributed by atoms with E-state index in [0.717, 1.165) is 32.5 Å². The Labute approximate surface area is 127 Å². The van der Waals surface area contributed by atoms with Crippen LogP contribution in [0.5, 0.6) is 0 Å². The van der Waals surface area contributed by atoms with Crippen LogP contribution in [-0.2, 0) is 0 Å². The van der Waals surface area contributed by atoms with E-state index in [1.807, 2.05) is 57.2 Å². The normalized spacial score (nSPS) is 10.2. The number of carbonyl (C=O) groups is 1. The lowest BCUT2D eigenvalue weighted by Gasteiger charge is -2.11. The molecule has 0 atom stereocenters. The van der Waals surface area contributed by atoms with Crippen molar-refractivity contribution < 1.29 is 4.79 Å². The predicted molar refractivity (Wildman–Crippen MR) is 87.4 cm³/mol. The number of hydrogen-bond donors (Lipinski definition) is 2. The van der Waals surface area contributed by atoms with Gasteiger partial charge in [-0.2, -0.15) is 0 Å². The molecule has 0 saturated heterocycles. The first-order valence-corrected chi connectivity index (χ1v) is 7.16. The summed E-state index contributed by atoms with van der Waals surface area (Å²) in [6.45, 7) is 6.01. The summed E-state index contributed by atoms with van der Waals surface area (Å²) < 4.78 is 1.07. The van der Waals surface area contributed by atoms with E-state index in [1.165, 1.54) is 0 Å². The highest BCUT2D eigenvalue weighted by atomic mass is 79.9.